The molecule has 7 heteroatoms. The second kappa shape index (κ2) is 7.63. The normalized spacial score (nSPS) is 20.7. The van der Waals surface area contributed by atoms with E-state index in [-0.39, 0.29) is 11.9 Å². The lowest BCUT2D eigenvalue weighted by Crippen LogP contribution is -2.58. The van der Waals surface area contributed by atoms with Gasteiger partial charge < -0.3 is 15.2 Å². The van der Waals surface area contributed by atoms with Gasteiger partial charge in [-0.15, -0.1) is 0 Å². The van der Waals surface area contributed by atoms with Crippen LogP contribution >= 0.6 is 0 Å². The lowest BCUT2D eigenvalue weighted by atomic mass is 9.67. The molecule has 6 nitrogen and oxygen atoms in total. The van der Waals surface area contributed by atoms with Crippen molar-refractivity contribution in [2.45, 2.75) is 32.7 Å². The van der Waals surface area contributed by atoms with Gasteiger partial charge in [-0.1, -0.05) is 18.2 Å². The van der Waals surface area contributed by atoms with Crippen molar-refractivity contribution in [3.05, 3.63) is 58.9 Å². The second-order valence-electron chi connectivity index (χ2n) is 8.20. The van der Waals surface area contributed by atoms with Crippen molar-refractivity contribution in [1.29, 1.82) is 0 Å². The van der Waals surface area contributed by atoms with Crippen molar-refractivity contribution in [1.82, 2.24) is 4.90 Å². The van der Waals surface area contributed by atoms with Gasteiger partial charge in [-0.25, -0.2) is 9.38 Å². The van der Waals surface area contributed by atoms with Gasteiger partial charge in [0.25, 0.3) is 0 Å². The molecule has 2 N–H and O–H groups in total. The number of methoxy groups -OCH3 is 2. The number of nitrogens with two attached hydrogens (primary N) is 1. The summed E-state index contributed by atoms with van der Waals surface area (Å²) in [5.41, 5.74) is 5.99. The smallest absolute Gasteiger partial charge is 0.237 e. The van der Waals surface area contributed by atoms with Gasteiger partial charge in [0.15, 0.2) is 5.96 Å². The van der Waals surface area contributed by atoms with Crippen molar-refractivity contribution in [2.24, 2.45) is 16.1 Å². The predicted molar refractivity (Wildman–Crippen MR) is 114 cm³/mol. The summed E-state index contributed by atoms with van der Waals surface area (Å²) in [6.07, 6.45) is 0.518. The third-order valence-electron chi connectivity index (χ3n) is 6.18. The van der Waals surface area contributed by atoms with Gasteiger partial charge >= 0.3 is 0 Å². The Morgan fingerprint density at radius 1 is 1.10 bits per heavy atom. The highest BCUT2D eigenvalue weighted by Crippen LogP contribution is 2.47. The Kier molecular flexibility index (Phi) is 5.50. The molecule has 1 heterocycles. The first-order chi connectivity index (χ1) is 14.0. The maximum absolute atomic E-state index is 15.0. The molecule has 1 atom stereocenters. The predicted octanol–water partition coefficient (Wildman–Crippen LogP) is 3.46. The number of ether oxygens (including phenoxy) is 2. The number of rotatable bonds is 5. The Morgan fingerprint density at radius 3 is 2.43 bits per heavy atom. The number of amides is 1. The third-order valence-corrected chi connectivity index (χ3v) is 6.18. The molecule has 0 aromatic heterocycles. The van der Waals surface area contributed by atoms with Crippen molar-refractivity contribution in [3.8, 4) is 11.5 Å². The van der Waals surface area contributed by atoms with E-state index in [0.717, 1.165) is 11.1 Å². The SMILES string of the molecule is COc1ccc(Cc2ccc(F)c([C@@]3(C)N=C(N)N(C)C(=O)C3(C)C)c2)c(OC)c1. The number of hydrogen-bond acceptors (Lipinski definition) is 5. The van der Waals surface area contributed by atoms with E-state index in [1.165, 1.54) is 11.0 Å². The Hall–Kier alpha value is -3.09. The molecule has 1 aliphatic rings. The lowest BCUT2D eigenvalue weighted by molar-refractivity contribution is -0.140. The third kappa shape index (κ3) is 3.38. The van der Waals surface area contributed by atoms with E-state index >= 15 is 4.39 Å². The van der Waals surface area contributed by atoms with Gasteiger partial charge in [0.2, 0.25) is 5.91 Å². The van der Waals surface area contributed by atoms with Crippen molar-refractivity contribution in [3.63, 3.8) is 0 Å². The highest BCUT2D eigenvalue weighted by atomic mass is 19.1. The summed E-state index contributed by atoms with van der Waals surface area (Å²) in [5, 5.41) is 0. The van der Waals surface area contributed by atoms with Crippen LogP contribution in [-0.2, 0) is 16.8 Å². The van der Waals surface area contributed by atoms with E-state index in [2.05, 4.69) is 4.99 Å². The van der Waals surface area contributed by atoms with Gasteiger partial charge in [-0.3, -0.25) is 9.69 Å². The molecular weight excluding hydrogens is 385 g/mol. The Labute approximate surface area is 176 Å². The number of carbonyl (C=O) groups is 1. The van der Waals surface area contributed by atoms with Crippen LogP contribution in [0.3, 0.4) is 0 Å². The molecule has 1 aliphatic heterocycles. The van der Waals surface area contributed by atoms with Crippen molar-refractivity contribution in [2.75, 3.05) is 21.3 Å². The molecule has 2 aromatic rings. The van der Waals surface area contributed by atoms with Crippen LogP contribution in [0.1, 0.15) is 37.5 Å². The van der Waals surface area contributed by atoms with Crippen LogP contribution in [0.15, 0.2) is 41.4 Å². The van der Waals surface area contributed by atoms with Gasteiger partial charge in [0.05, 0.1) is 19.6 Å². The number of nitrogens with zero attached hydrogens (tertiary/aromatic N) is 2. The number of carbonyl (C=O) groups excluding carboxylic acids is 1. The molecular formula is C23H28FN3O3. The summed E-state index contributed by atoms with van der Waals surface area (Å²) in [7, 11) is 4.77. The summed E-state index contributed by atoms with van der Waals surface area (Å²) in [4.78, 5) is 18.8. The maximum atomic E-state index is 15.0. The molecule has 0 aliphatic carbocycles. The van der Waals surface area contributed by atoms with E-state index in [4.69, 9.17) is 15.2 Å². The lowest BCUT2D eigenvalue weighted by Gasteiger charge is -2.46. The van der Waals surface area contributed by atoms with Crippen molar-refractivity contribution >= 4 is 11.9 Å². The Bertz CT molecular complexity index is 1020. The van der Waals surface area contributed by atoms with Gasteiger partial charge in [0, 0.05) is 25.1 Å². The first-order valence-electron chi connectivity index (χ1n) is 9.68. The average Bonchev–Trinajstić information content (AvgIpc) is 2.72. The van der Waals surface area contributed by atoms with Crippen LogP contribution in [0.4, 0.5) is 4.39 Å². The molecule has 160 valence electrons. The molecule has 1 amide bonds. The molecule has 0 radical (unpaired) electrons. The quantitative estimate of drug-likeness (QED) is 0.814. The molecule has 0 unspecified atom stereocenters. The van der Waals surface area contributed by atoms with Crippen LogP contribution < -0.4 is 15.2 Å². The van der Waals surface area contributed by atoms with Crippen molar-refractivity contribution < 1.29 is 18.7 Å². The summed E-state index contributed by atoms with van der Waals surface area (Å²) in [6.45, 7) is 5.28. The number of benzene rings is 2. The Morgan fingerprint density at radius 2 is 1.80 bits per heavy atom. The fraction of sp³-hybridized carbons (Fsp3) is 0.391. The zero-order valence-corrected chi connectivity index (χ0v) is 18.2. The molecule has 3 rings (SSSR count). The summed E-state index contributed by atoms with van der Waals surface area (Å²) >= 11 is 0. The van der Waals surface area contributed by atoms with Crippen LogP contribution in [0, 0.1) is 11.2 Å². The van der Waals surface area contributed by atoms with Crippen LogP contribution in [0.2, 0.25) is 0 Å². The number of guanidine groups is 1. The largest absolute Gasteiger partial charge is 0.497 e. The van der Waals surface area contributed by atoms with Gasteiger partial charge in [-0.2, -0.15) is 0 Å². The van der Waals surface area contributed by atoms with E-state index in [0.29, 0.717) is 23.5 Å². The first kappa shape index (κ1) is 21.6. The average molecular weight is 413 g/mol. The van der Waals surface area contributed by atoms with Crippen LogP contribution in [0.5, 0.6) is 11.5 Å². The highest BCUT2D eigenvalue weighted by molar-refractivity contribution is 6.01. The number of hydrogen-bond donors (Lipinski definition) is 1. The second-order valence-corrected chi connectivity index (χ2v) is 8.20. The molecule has 0 saturated heterocycles. The van der Waals surface area contributed by atoms with Crippen LogP contribution in [-0.4, -0.2) is 38.0 Å². The molecule has 0 saturated carbocycles. The van der Waals surface area contributed by atoms with Gasteiger partial charge in [-0.05, 0) is 44.0 Å². The monoisotopic (exact) mass is 413 g/mol. The molecule has 2 aromatic carbocycles. The van der Waals surface area contributed by atoms with E-state index in [1.54, 1.807) is 54.2 Å². The van der Waals surface area contributed by atoms with Gasteiger partial charge in [0.1, 0.15) is 22.9 Å². The zero-order valence-electron chi connectivity index (χ0n) is 18.2. The minimum atomic E-state index is -1.15. The van der Waals surface area contributed by atoms with E-state index in [9.17, 15) is 4.79 Å². The first-order valence-corrected chi connectivity index (χ1v) is 9.68. The maximum Gasteiger partial charge on any atom is 0.237 e. The number of halogens is 1. The fourth-order valence-electron chi connectivity index (χ4n) is 3.85. The van der Waals surface area contributed by atoms with E-state index in [1.807, 2.05) is 18.2 Å². The Balaban J connectivity index is 2.08. The highest BCUT2D eigenvalue weighted by Gasteiger charge is 2.53. The molecule has 30 heavy (non-hydrogen) atoms. The number of aliphatic imine (C=N–C) groups is 1. The summed E-state index contributed by atoms with van der Waals surface area (Å²) < 4.78 is 25.7. The van der Waals surface area contributed by atoms with E-state index < -0.39 is 16.8 Å². The molecule has 0 fully saturated rings. The summed E-state index contributed by atoms with van der Waals surface area (Å²) in [6, 6.07) is 10.5. The fourth-order valence-corrected chi connectivity index (χ4v) is 3.85. The minimum absolute atomic E-state index is 0.0726. The summed E-state index contributed by atoms with van der Waals surface area (Å²) in [5.74, 6) is 0.815. The van der Waals surface area contributed by atoms with Crippen LogP contribution in [0.25, 0.3) is 0 Å². The standard InChI is InChI=1S/C23H28FN3O3/c1-22(2)20(28)27(4)21(25)26-23(22,3)17-12-14(7-10-18(17)24)11-15-8-9-16(29-5)13-19(15)30-6/h7-10,12-13H,11H2,1-6H3,(H2,25,26)/t23-/m1/s1. The topological polar surface area (TPSA) is 77.2 Å². The zero-order chi connectivity index (χ0) is 22.3. The molecule has 0 bridgehead atoms. The molecule has 0 spiro atoms. The minimum Gasteiger partial charge on any atom is -0.497 e.